The van der Waals surface area contributed by atoms with Crippen LogP contribution in [0, 0.1) is 0 Å². The van der Waals surface area contributed by atoms with E-state index in [9.17, 15) is 4.79 Å². The molecule has 2 N–H and O–H groups in total. The second kappa shape index (κ2) is 6.36. The number of hydrazone groups is 1. The van der Waals surface area contributed by atoms with Crippen molar-refractivity contribution in [2.45, 2.75) is 6.92 Å². The van der Waals surface area contributed by atoms with Crippen molar-refractivity contribution in [2.24, 2.45) is 5.10 Å². The lowest BCUT2D eigenvalue weighted by Gasteiger charge is -1.98. The molecule has 22 heavy (non-hydrogen) atoms. The van der Waals surface area contributed by atoms with Crippen LogP contribution in [-0.4, -0.2) is 21.8 Å². The molecular weight excluding hydrogens is 296 g/mol. The van der Waals surface area contributed by atoms with E-state index in [0.717, 1.165) is 21.8 Å². The normalized spacial score (nSPS) is 11.4. The van der Waals surface area contributed by atoms with E-state index in [1.54, 1.807) is 17.4 Å². The SMILES string of the molecule is C/C(=N\NC(=O)c1cc(-c2ccccc2)n[nH]1)c1cccs1. The van der Waals surface area contributed by atoms with Gasteiger partial charge in [0.2, 0.25) is 0 Å². The summed E-state index contributed by atoms with van der Waals surface area (Å²) in [5.41, 5.74) is 5.36. The van der Waals surface area contributed by atoms with Crippen LogP contribution in [0.15, 0.2) is 59.0 Å². The molecule has 0 spiro atoms. The molecule has 0 radical (unpaired) electrons. The zero-order chi connectivity index (χ0) is 15.4. The predicted molar refractivity (Wildman–Crippen MR) is 88.0 cm³/mol. The summed E-state index contributed by atoms with van der Waals surface area (Å²) in [6, 6.07) is 15.3. The first-order valence-corrected chi connectivity index (χ1v) is 7.61. The monoisotopic (exact) mass is 310 g/mol. The Morgan fingerprint density at radius 3 is 2.77 bits per heavy atom. The fourth-order valence-electron chi connectivity index (χ4n) is 1.93. The van der Waals surface area contributed by atoms with E-state index in [1.165, 1.54) is 0 Å². The van der Waals surface area contributed by atoms with Gasteiger partial charge in [-0.2, -0.15) is 10.2 Å². The molecule has 0 bridgehead atoms. The van der Waals surface area contributed by atoms with E-state index in [4.69, 9.17) is 0 Å². The molecule has 0 unspecified atom stereocenters. The van der Waals surface area contributed by atoms with Gasteiger partial charge in [0.15, 0.2) is 0 Å². The Labute approximate surface area is 131 Å². The quantitative estimate of drug-likeness (QED) is 0.573. The molecule has 0 aliphatic heterocycles. The van der Waals surface area contributed by atoms with Gasteiger partial charge >= 0.3 is 0 Å². The van der Waals surface area contributed by atoms with Crippen LogP contribution in [0.5, 0.6) is 0 Å². The third kappa shape index (κ3) is 3.12. The lowest BCUT2D eigenvalue weighted by molar-refractivity contribution is 0.0950. The molecule has 2 aromatic heterocycles. The molecule has 0 saturated heterocycles. The van der Waals surface area contributed by atoms with Gasteiger partial charge in [0.25, 0.3) is 5.91 Å². The first kappa shape index (κ1) is 14.2. The smallest absolute Gasteiger partial charge is 0.272 e. The molecule has 110 valence electrons. The van der Waals surface area contributed by atoms with Gasteiger partial charge in [-0.25, -0.2) is 5.43 Å². The van der Waals surface area contributed by atoms with Gasteiger partial charge in [0.05, 0.1) is 11.4 Å². The maximum Gasteiger partial charge on any atom is 0.289 e. The van der Waals surface area contributed by atoms with Gasteiger partial charge in [-0.05, 0) is 24.4 Å². The van der Waals surface area contributed by atoms with Crippen molar-refractivity contribution in [2.75, 3.05) is 0 Å². The van der Waals surface area contributed by atoms with E-state index in [1.807, 2.05) is 54.8 Å². The zero-order valence-corrected chi connectivity index (χ0v) is 12.7. The fraction of sp³-hybridized carbons (Fsp3) is 0.0625. The highest BCUT2D eigenvalue weighted by Crippen LogP contribution is 2.16. The fourth-order valence-corrected chi connectivity index (χ4v) is 2.61. The zero-order valence-electron chi connectivity index (χ0n) is 11.9. The van der Waals surface area contributed by atoms with Crippen molar-refractivity contribution >= 4 is 23.0 Å². The minimum atomic E-state index is -0.314. The molecule has 0 aliphatic carbocycles. The van der Waals surface area contributed by atoms with Crippen LogP contribution in [0.25, 0.3) is 11.3 Å². The van der Waals surface area contributed by atoms with Crippen LogP contribution in [0.2, 0.25) is 0 Å². The van der Waals surface area contributed by atoms with Crippen LogP contribution < -0.4 is 5.43 Å². The van der Waals surface area contributed by atoms with Crippen molar-refractivity contribution in [3.63, 3.8) is 0 Å². The number of carbonyl (C=O) groups is 1. The second-order valence-electron chi connectivity index (χ2n) is 4.65. The first-order valence-electron chi connectivity index (χ1n) is 6.73. The Balaban J connectivity index is 1.71. The summed E-state index contributed by atoms with van der Waals surface area (Å²) in [6.45, 7) is 1.86. The molecular formula is C16H14N4OS. The highest BCUT2D eigenvalue weighted by atomic mass is 32.1. The summed E-state index contributed by atoms with van der Waals surface area (Å²) in [7, 11) is 0. The van der Waals surface area contributed by atoms with E-state index in [2.05, 4.69) is 20.7 Å². The number of H-pyrrole nitrogens is 1. The molecule has 0 atom stereocenters. The minimum Gasteiger partial charge on any atom is -0.272 e. The van der Waals surface area contributed by atoms with Crippen molar-refractivity contribution in [1.29, 1.82) is 0 Å². The van der Waals surface area contributed by atoms with Crippen LogP contribution in [0.3, 0.4) is 0 Å². The lowest BCUT2D eigenvalue weighted by atomic mass is 10.1. The average molecular weight is 310 g/mol. The summed E-state index contributed by atoms with van der Waals surface area (Å²) in [6.07, 6.45) is 0. The number of thiophene rings is 1. The van der Waals surface area contributed by atoms with Crippen LogP contribution in [-0.2, 0) is 0 Å². The topological polar surface area (TPSA) is 70.1 Å². The van der Waals surface area contributed by atoms with E-state index in [0.29, 0.717) is 5.69 Å². The summed E-state index contributed by atoms with van der Waals surface area (Å²) in [5.74, 6) is -0.314. The molecule has 3 aromatic rings. The molecule has 6 heteroatoms. The predicted octanol–water partition coefficient (Wildman–Crippen LogP) is 3.29. The lowest BCUT2D eigenvalue weighted by Crippen LogP contribution is -2.19. The molecule has 0 saturated carbocycles. The third-order valence-corrected chi connectivity index (χ3v) is 4.07. The number of hydrogen-bond donors (Lipinski definition) is 2. The average Bonchev–Trinajstić information content (AvgIpc) is 3.24. The van der Waals surface area contributed by atoms with Crippen molar-refractivity contribution in [3.05, 3.63) is 64.5 Å². The summed E-state index contributed by atoms with van der Waals surface area (Å²) < 4.78 is 0. The molecule has 5 nitrogen and oxygen atoms in total. The Morgan fingerprint density at radius 2 is 2.05 bits per heavy atom. The number of rotatable bonds is 4. The Morgan fingerprint density at radius 1 is 1.23 bits per heavy atom. The minimum absolute atomic E-state index is 0.314. The van der Waals surface area contributed by atoms with Crippen molar-refractivity contribution in [1.82, 2.24) is 15.6 Å². The second-order valence-corrected chi connectivity index (χ2v) is 5.60. The highest BCUT2D eigenvalue weighted by molar-refractivity contribution is 7.12. The Kier molecular flexibility index (Phi) is 4.11. The summed E-state index contributed by atoms with van der Waals surface area (Å²) in [5, 5.41) is 13.0. The number of aromatic amines is 1. The molecule has 2 heterocycles. The van der Waals surface area contributed by atoms with E-state index >= 15 is 0 Å². The number of amides is 1. The van der Waals surface area contributed by atoms with Crippen LogP contribution >= 0.6 is 11.3 Å². The van der Waals surface area contributed by atoms with Gasteiger partial charge < -0.3 is 0 Å². The van der Waals surface area contributed by atoms with Gasteiger partial charge in [-0.3, -0.25) is 9.89 Å². The van der Waals surface area contributed by atoms with Gasteiger partial charge in [-0.1, -0.05) is 36.4 Å². The molecule has 3 rings (SSSR count). The molecule has 0 aliphatic rings. The summed E-state index contributed by atoms with van der Waals surface area (Å²) >= 11 is 1.58. The third-order valence-electron chi connectivity index (χ3n) is 3.09. The van der Waals surface area contributed by atoms with Crippen LogP contribution in [0.1, 0.15) is 22.3 Å². The van der Waals surface area contributed by atoms with Gasteiger partial charge in [0.1, 0.15) is 5.69 Å². The van der Waals surface area contributed by atoms with Gasteiger partial charge in [-0.15, -0.1) is 11.3 Å². The number of carbonyl (C=O) groups excluding carboxylic acids is 1. The first-order chi connectivity index (χ1) is 10.7. The highest BCUT2D eigenvalue weighted by Gasteiger charge is 2.10. The number of nitrogens with one attached hydrogen (secondary N) is 2. The van der Waals surface area contributed by atoms with Crippen LogP contribution in [0.4, 0.5) is 0 Å². The molecule has 0 fully saturated rings. The number of aromatic nitrogens is 2. The largest absolute Gasteiger partial charge is 0.289 e. The maximum atomic E-state index is 12.1. The maximum absolute atomic E-state index is 12.1. The standard InChI is InChI=1S/C16H14N4OS/c1-11(15-8-5-9-22-15)17-20-16(21)14-10-13(18-19-14)12-6-3-2-4-7-12/h2-10H,1H3,(H,18,19)(H,20,21)/b17-11+. The number of benzene rings is 1. The summed E-state index contributed by atoms with van der Waals surface area (Å²) in [4.78, 5) is 13.1. The molecule has 1 amide bonds. The Hall–Kier alpha value is -2.73. The van der Waals surface area contributed by atoms with E-state index < -0.39 is 0 Å². The Bertz CT molecular complexity index is 791. The number of hydrogen-bond acceptors (Lipinski definition) is 4. The number of nitrogens with zero attached hydrogens (tertiary/aromatic N) is 2. The van der Waals surface area contributed by atoms with E-state index in [-0.39, 0.29) is 5.91 Å². The van der Waals surface area contributed by atoms with Crippen molar-refractivity contribution in [3.8, 4) is 11.3 Å². The molecule has 1 aromatic carbocycles. The van der Waals surface area contributed by atoms with Crippen molar-refractivity contribution < 1.29 is 4.79 Å². The van der Waals surface area contributed by atoms with Gasteiger partial charge in [0, 0.05) is 10.4 Å².